The molecular weight excluding hydrogens is 350 g/mol. The van der Waals surface area contributed by atoms with E-state index in [-0.39, 0.29) is 16.2 Å². The Balaban J connectivity index is 1.87. The average molecular weight is 360 g/mol. The molecule has 0 saturated carbocycles. The van der Waals surface area contributed by atoms with E-state index in [0.29, 0.717) is 27.2 Å². The van der Waals surface area contributed by atoms with Gasteiger partial charge in [-0.3, -0.25) is 14.4 Å². The summed E-state index contributed by atoms with van der Waals surface area (Å²) in [6.07, 6.45) is 1.50. The lowest BCUT2D eigenvalue weighted by molar-refractivity contribution is -0.120. The maximum absolute atomic E-state index is 12.4. The third kappa shape index (κ3) is 3.20. The van der Waals surface area contributed by atoms with Gasteiger partial charge in [-0.25, -0.2) is 4.90 Å². The molecule has 3 amide bonds. The molecule has 2 aromatic rings. The van der Waals surface area contributed by atoms with Gasteiger partial charge in [-0.05, 0) is 59.8 Å². The molecule has 1 fully saturated rings. The smallest absolute Gasteiger partial charge is 0.300 e. The second-order valence-corrected chi connectivity index (χ2v) is 6.35. The second kappa shape index (κ2) is 6.51. The molecule has 1 N–H and O–H groups in total. The van der Waals surface area contributed by atoms with Crippen LogP contribution < -0.4 is 0 Å². The molecule has 0 aliphatic carbocycles. The summed E-state index contributed by atoms with van der Waals surface area (Å²) in [6, 6.07) is 12.1. The lowest BCUT2D eigenvalue weighted by Crippen LogP contribution is -2.34. The van der Waals surface area contributed by atoms with Crippen molar-refractivity contribution in [3.8, 4) is 5.75 Å². The largest absolute Gasteiger partial charge is 0.508 e. The Hall–Kier alpha value is -2.57. The van der Waals surface area contributed by atoms with E-state index < -0.39 is 17.1 Å². The van der Waals surface area contributed by atoms with Gasteiger partial charge in [0, 0.05) is 10.6 Å². The van der Waals surface area contributed by atoms with E-state index in [4.69, 9.17) is 11.6 Å². The number of aromatic hydroxyl groups is 1. The van der Waals surface area contributed by atoms with Crippen molar-refractivity contribution in [1.82, 2.24) is 4.90 Å². The molecule has 1 saturated heterocycles. The Morgan fingerprint density at radius 2 is 1.67 bits per heavy atom. The highest BCUT2D eigenvalue weighted by molar-refractivity contribution is 8.18. The van der Waals surface area contributed by atoms with E-state index in [1.54, 1.807) is 12.1 Å². The van der Waals surface area contributed by atoms with Gasteiger partial charge >= 0.3 is 5.24 Å². The Morgan fingerprint density at radius 3 is 2.29 bits per heavy atom. The van der Waals surface area contributed by atoms with Gasteiger partial charge in [0.2, 0.25) is 0 Å². The Morgan fingerprint density at radius 1 is 1.04 bits per heavy atom. The topological polar surface area (TPSA) is 74.7 Å². The molecule has 1 aliphatic rings. The van der Waals surface area contributed by atoms with E-state index in [0.717, 1.165) is 0 Å². The quantitative estimate of drug-likeness (QED) is 0.649. The zero-order valence-electron chi connectivity index (χ0n) is 12.1. The molecule has 7 heteroatoms. The highest BCUT2D eigenvalue weighted by Crippen LogP contribution is 2.33. The summed E-state index contributed by atoms with van der Waals surface area (Å²) in [6.45, 7) is 0. The summed E-state index contributed by atoms with van der Waals surface area (Å²) in [5, 5.41) is 9.07. The monoisotopic (exact) mass is 359 g/mol. The first-order chi connectivity index (χ1) is 11.5. The van der Waals surface area contributed by atoms with E-state index in [9.17, 15) is 19.5 Å². The van der Waals surface area contributed by atoms with Crippen LogP contribution in [0.3, 0.4) is 0 Å². The minimum atomic E-state index is -0.691. The van der Waals surface area contributed by atoms with E-state index >= 15 is 0 Å². The van der Waals surface area contributed by atoms with Crippen LogP contribution in [0.25, 0.3) is 6.08 Å². The number of carbonyl (C=O) groups is 3. The van der Waals surface area contributed by atoms with Crippen molar-refractivity contribution in [2.24, 2.45) is 0 Å². The maximum Gasteiger partial charge on any atom is 0.300 e. The van der Waals surface area contributed by atoms with Crippen LogP contribution in [0.2, 0.25) is 5.02 Å². The standard InChI is InChI=1S/C17H10ClNO4S/c18-12-5-3-11(4-6-12)15(21)19-16(22)14(24-17(19)23)9-10-1-7-13(20)8-2-10/h1-9,20H/b14-9+. The van der Waals surface area contributed by atoms with Gasteiger partial charge in [-0.1, -0.05) is 23.7 Å². The number of amides is 3. The summed E-state index contributed by atoms with van der Waals surface area (Å²) in [5.41, 5.74) is 0.838. The fourth-order valence-electron chi connectivity index (χ4n) is 2.09. The van der Waals surface area contributed by atoms with E-state index in [2.05, 4.69) is 0 Å². The number of hydrogen-bond acceptors (Lipinski definition) is 5. The number of phenolic OH excluding ortho intramolecular Hbond substituents is 1. The van der Waals surface area contributed by atoms with Gasteiger partial charge in [-0.2, -0.15) is 0 Å². The first kappa shape index (κ1) is 16.3. The molecule has 2 aromatic carbocycles. The van der Waals surface area contributed by atoms with Crippen LogP contribution in [0.15, 0.2) is 53.4 Å². The van der Waals surface area contributed by atoms with Crippen LogP contribution in [-0.2, 0) is 4.79 Å². The SMILES string of the molecule is O=C1S/C(=C/c2ccc(O)cc2)C(=O)N1C(=O)c1ccc(Cl)cc1. The number of phenols is 1. The normalized spacial score (nSPS) is 16.0. The molecule has 3 rings (SSSR count). The van der Waals surface area contributed by atoms with Gasteiger partial charge in [0.05, 0.1) is 4.91 Å². The lowest BCUT2D eigenvalue weighted by Gasteiger charge is -2.10. The minimum Gasteiger partial charge on any atom is -0.508 e. The van der Waals surface area contributed by atoms with Gasteiger partial charge in [-0.15, -0.1) is 0 Å². The number of imide groups is 3. The number of nitrogens with zero attached hydrogens (tertiary/aromatic N) is 1. The third-order valence-electron chi connectivity index (χ3n) is 3.28. The molecule has 1 heterocycles. The molecule has 1 aliphatic heterocycles. The molecule has 0 aromatic heterocycles. The lowest BCUT2D eigenvalue weighted by atomic mass is 10.2. The number of halogens is 1. The van der Waals surface area contributed by atoms with Crippen LogP contribution in [0, 0.1) is 0 Å². The van der Waals surface area contributed by atoms with Gasteiger partial charge in [0.15, 0.2) is 0 Å². The van der Waals surface area contributed by atoms with Gasteiger partial charge in [0.1, 0.15) is 5.75 Å². The van der Waals surface area contributed by atoms with Crippen molar-refractivity contribution in [2.75, 3.05) is 0 Å². The highest BCUT2D eigenvalue weighted by Gasteiger charge is 2.40. The zero-order chi connectivity index (χ0) is 17.3. The fraction of sp³-hybridized carbons (Fsp3) is 0. The molecular formula is C17H10ClNO4S. The molecule has 0 radical (unpaired) electrons. The molecule has 0 spiro atoms. The zero-order valence-corrected chi connectivity index (χ0v) is 13.7. The number of carbonyl (C=O) groups excluding carboxylic acids is 3. The second-order valence-electron chi connectivity index (χ2n) is 4.92. The van der Waals surface area contributed by atoms with Gasteiger partial charge in [0.25, 0.3) is 11.8 Å². The first-order valence-corrected chi connectivity index (χ1v) is 8.02. The summed E-state index contributed by atoms with van der Waals surface area (Å²) < 4.78 is 0. The van der Waals surface area contributed by atoms with Crippen molar-refractivity contribution in [3.05, 3.63) is 69.6 Å². The van der Waals surface area contributed by atoms with Crippen molar-refractivity contribution in [3.63, 3.8) is 0 Å². The number of hydrogen-bond donors (Lipinski definition) is 1. The number of rotatable bonds is 2. The van der Waals surface area contributed by atoms with Crippen molar-refractivity contribution in [1.29, 1.82) is 0 Å². The predicted molar refractivity (Wildman–Crippen MR) is 91.7 cm³/mol. The van der Waals surface area contributed by atoms with Crippen molar-refractivity contribution < 1.29 is 19.5 Å². The van der Waals surface area contributed by atoms with Crippen molar-refractivity contribution >= 4 is 46.5 Å². The first-order valence-electron chi connectivity index (χ1n) is 6.82. The highest BCUT2D eigenvalue weighted by atomic mass is 35.5. The predicted octanol–water partition coefficient (Wildman–Crippen LogP) is 3.92. The summed E-state index contributed by atoms with van der Waals surface area (Å²) in [4.78, 5) is 37.6. The van der Waals surface area contributed by atoms with Crippen LogP contribution in [0.4, 0.5) is 4.79 Å². The van der Waals surface area contributed by atoms with E-state index in [1.807, 2.05) is 0 Å². The summed E-state index contributed by atoms with van der Waals surface area (Å²) in [7, 11) is 0. The Labute approximate surface area is 146 Å². The van der Waals surface area contributed by atoms with Crippen LogP contribution in [0.5, 0.6) is 5.75 Å². The van der Waals surface area contributed by atoms with Crippen LogP contribution >= 0.6 is 23.4 Å². The summed E-state index contributed by atoms with van der Waals surface area (Å²) >= 11 is 6.46. The van der Waals surface area contributed by atoms with Crippen LogP contribution in [-0.4, -0.2) is 27.1 Å². The number of thioether (sulfide) groups is 1. The van der Waals surface area contributed by atoms with E-state index in [1.165, 1.54) is 42.5 Å². The molecule has 0 atom stereocenters. The third-order valence-corrected chi connectivity index (χ3v) is 4.40. The summed E-state index contributed by atoms with van der Waals surface area (Å²) in [5.74, 6) is -1.26. The molecule has 5 nitrogen and oxygen atoms in total. The molecule has 24 heavy (non-hydrogen) atoms. The van der Waals surface area contributed by atoms with Crippen LogP contribution in [0.1, 0.15) is 15.9 Å². The molecule has 120 valence electrons. The Kier molecular flexibility index (Phi) is 4.42. The Bertz CT molecular complexity index is 859. The van der Waals surface area contributed by atoms with Crippen molar-refractivity contribution in [2.45, 2.75) is 0 Å². The minimum absolute atomic E-state index is 0.0955. The average Bonchev–Trinajstić information content (AvgIpc) is 2.83. The fourth-order valence-corrected chi connectivity index (χ4v) is 3.03. The molecule has 0 unspecified atom stereocenters. The van der Waals surface area contributed by atoms with Gasteiger partial charge < -0.3 is 5.11 Å². The maximum atomic E-state index is 12.4. The number of benzene rings is 2. The molecule has 0 bridgehead atoms.